The van der Waals surface area contributed by atoms with Gasteiger partial charge < -0.3 is 9.80 Å². The Morgan fingerprint density at radius 3 is 0.961 bits per heavy atom. The van der Waals surface area contributed by atoms with Crippen LogP contribution in [0.1, 0.15) is 52.7 Å². The van der Waals surface area contributed by atoms with Crippen molar-refractivity contribution < 1.29 is 8.78 Å². The highest BCUT2D eigenvalue weighted by Crippen LogP contribution is 2.54. The third-order valence-corrected chi connectivity index (χ3v) is 15.0. The molecule has 0 fully saturated rings. The fourth-order valence-electron chi connectivity index (χ4n) is 11.4. The molecule has 12 rings (SSSR count). The highest BCUT2D eigenvalue weighted by molar-refractivity contribution is 6.28. The van der Waals surface area contributed by atoms with Crippen molar-refractivity contribution in [3.05, 3.63) is 265 Å². The summed E-state index contributed by atoms with van der Waals surface area (Å²) in [5.41, 5.74) is 12.8. The Morgan fingerprint density at radius 1 is 0.289 bits per heavy atom. The van der Waals surface area contributed by atoms with Gasteiger partial charge in [-0.25, -0.2) is 8.78 Å². The minimum atomic E-state index is -0.334. The summed E-state index contributed by atoms with van der Waals surface area (Å²) in [4.78, 5) is 4.34. The molecule has 0 saturated heterocycles. The number of hydrogen-bond donors (Lipinski definition) is 0. The molecule has 0 spiro atoms. The number of halogens is 2. The summed E-state index contributed by atoms with van der Waals surface area (Å²) in [7, 11) is 0. The van der Waals surface area contributed by atoms with Crippen molar-refractivity contribution in [1.29, 1.82) is 0 Å². The molecule has 0 saturated carbocycles. The second-order valence-corrected chi connectivity index (χ2v) is 22.0. The predicted octanol–water partition coefficient (Wildman–Crippen LogP) is 21.1. The summed E-state index contributed by atoms with van der Waals surface area (Å²) in [5, 5.41) is 6.11. The summed E-state index contributed by atoms with van der Waals surface area (Å²) in [6.07, 6.45) is 0. The van der Waals surface area contributed by atoms with Crippen LogP contribution in [0.5, 0.6) is 0 Å². The molecule has 12 aromatic rings. The lowest BCUT2D eigenvalue weighted by molar-refractivity contribution is 0.590. The van der Waals surface area contributed by atoms with Crippen LogP contribution in [-0.2, 0) is 10.8 Å². The topological polar surface area (TPSA) is 6.48 Å². The van der Waals surface area contributed by atoms with Gasteiger partial charge in [-0.15, -0.1) is 0 Å². The van der Waals surface area contributed by atoms with Crippen LogP contribution in [0.4, 0.5) is 42.9 Å². The molecule has 76 heavy (non-hydrogen) atoms. The Hall–Kier alpha value is -8.86. The predicted molar refractivity (Wildman–Crippen MR) is 319 cm³/mol. The van der Waals surface area contributed by atoms with Crippen molar-refractivity contribution in [2.45, 2.75) is 52.4 Å². The van der Waals surface area contributed by atoms with Crippen LogP contribution in [-0.4, -0.2) is 0 Å². The zero-order valence-electron chi connectivity index (χ0n) is 43.7. The Kier molecular flexibility index (Phi) is 12.1. The van der Waals surface area contributed by atoms with Gasteiger partial charge in [-0.05, 0) is 125 Å². The number of rotatable bonds is 10. The molecule has 0 atom stereocenters. The average molecular weight is 989 g/mol. The molecule has 370 valence electrons. The fourth-order valence-corrected chi connectivity index (χ4v) is 11.4. The quantitative estimate of drug-likeness (QED) is 0.126. The van der Waals surface area contributed by atoms with E-state index in [0.717, 1.165) is 111 Å². The van der Waals surface area contributed by atoms with Gasteiger partial charge in [0.15, 0.2) is 0 Å². The lowest BCUT2D eigenvalue weighted by atomic mass is 9.84. The van der Waals surface area contributed by atoms with E-state index in [1.807, 2.05) is 97.1 Å². The maximum absolute atomic E-state index is 18.1. The monoisotopic (exact) mass is 988 g/mol. The second-order valence-electron chi connectivity index (χ2n) is 22.0. The first-order valence-electron chi connectivity index (χ1n) is 26.2. The van der Waals surface area contributed by atoms with Crippen LogP contribution >= 0.6 is 0 Å². The molecular weight excluding hydrogens is 931 g/mol. The van der Waals surface area contributed by atoms with Gasteiger partial charge >= 0.3 is 0 Å². The first-order chi connectivity index (χ1) is 36.8. The van der Waals surface area contributed by atoms with Crippen LogP contribution < -0.4 is 9.80 Å². The van der Waals surface area contributed by atoms with Crippen LogP contribution in [0.15, 0.2) is 243 Å². The lowest BCUT2D eigenvalue weighted by Crippen LogP contribution is -2.21. The molecular formula is C72H58F2N2. The Morgan fingerprint density at radius 2 is 0.605 bits per heavy atom. The third kappa shape index (κ3) is 8.54. The minimum Gasteiger partial charge on any atom is -0.306 e. The van der Waals surface area contributed by atoms with E-state index < -0.39 is 0 Å². The largest absolute Gasteiger partial charge is 0.306 e. The van der Waals surface area contributed by atoms with Crippen LogP contribution in [0.2, 0.25) is 0 Å². The number of nitrogens with zero attached hydrogens (tertiary/aromatic N) is 2. The summed E-state index contributed by atoms with van der Waals surface area (Å²) in [5.74, 6) is -0.667. The second kappa shape index (κ2) is 19.1. The molecule has 0 aliphatic heterocycles. The first kappa shape index (κ1) is 48.1. The van der Waals surface area contributed by atoms with Crippen molar-refractivity contribution >= 4 is 66.4 Å². The summed E-state index contributed by atoms with van der Waals surface area (Å²) in [6, 6.07) is 82.4. The average Bonchev–Trinajstić information content (AvgIpc) is 3.53. The standard InChI is InChI=1S/C72H58F2N2/c1-71(2,3)59-31-19-21-33-65(59)75(69-57(49-27-15-9-16-28-49)43-53(45-61(69)73)47-23-11-7-12-24-47)63-41-37-51-36-40-56-64(42-38-52-35-39-55(63)67(51)68(52)56)76(66-34-22-20-32-60(66)72(4,5)6)70-58(50-29-17-10-18-30-50)44-54(46-62(70)74)48-25-13-8-14-26-48/h7-46H,1-6H3. The first-order valence-corrected chi connectivity index (χ1v) is 26.2. The third-order valence-electron chi connectivity index (χ3n) is 15.0. The molecule has 0 aliphatic carbocycles. The highest BCUT2D eigenvalue weighted by atomic mass is 19.1. The molecule has 0 aliphatic rings. The van der Waals surface area contributed by atoms with Gasteiger partial charge in [0.05, 0.1) is 34.1 Å². The van der Waals surface area contributed by atoms with Crippen LogP contribution in [0, 0.1) is 11.6 Å². The van der Waals surface area contributed by atoms with E-state index in [0.29, 0.717) is 11.4 Å². The van der Waals surface area contributed by atoms with Crippen LogP contribution in [0.3, 0.4) is 0 Å². The Balaban J connectivity index is 1.17. The summed E-state index contributed by atoms with van der Waals surface area (Å²) < 4.78 is 36.3. The molecule has 12 aromatic carbocycles. The minimum absolute atomic E-state index is 0.305. The Labute approximate surface area is 445 Å². The highest BCUT2D eigenvalue weighted by Gasteiger charge is 2.32. The van der Waals surface area contributed by atoms with Crippen molar-refractivity contribution in [3.63, 3.8) is 0 Å². The molecule has 0 aromatic heterocycles. The van der Waals surface area contributed by atoms with Crippen LogP contribution in [0.25, 0.3) is 76.8 Å². The van der Waals surface area contributed by atoms with Gasteiger partial charge in [0.1, 0.15) is 11.6 Å². The lowest BCUT2D eigenvalue weighted by Gasteiger charge is -2.35. The number of benzene rings is 12. The normalized spacial score (nSPS) is 11.9. The zero-order chi connectivity index (χ0) is 52.3. The number of hydrogen-bond acceptors (Lipinski definition) is 2. The van der Waals surface area contributed by atoms with Gasteiger partial charge in [-0.2, -0.15) is 0 Å². The maximum Gasteiger partial charge on any atom is 0.148 e. The summed E-state index contributed by atoms with van der Waals surface area (Å²) >= 11 is 0. The van der Waals surface area contributed by atoms with E-state index in [9.17, 15) is 0 Å². The maximum atomic E-state index is 18.1. The van der Waals surface area contributed by atoms with E-state index in [4.69, 9.17) is 0 Å². The van der Waals surface area contributed by atoms with Gasteiger partial charge in [0, 0.05) is 21.9 Å². The van der Waals surface area contributed by atoms with Crippen molar-refractivity contribution in [2.24, 2.45) is 0 Å². The molecule has 0 bridgehead atoms. The van der Waals surface area contributed by atoms with Crippen molar-refractivity contribution in [1.82, 2.24) is 0 Å². The molecule has 0 amide bonds. The van der Waals surface area contributed by atoms with E-state index in [1.54, 1.807) is 12.1 Å². The SMILES string of the molecule is CC(C)(C)c1ccccc1N(c1c(F)cc(-c2ccccc2)cc1-c1ccccc1)c1ccc2ccc3c(N(c4ccccc4C(C)(C)C)c4c(F)cc(-c5ccccc5)cc4-c4ccccc4)ccc4ccc1c2c43. The van der Waals surface area contributed by atoms with Crippen molar-refractivity contribution in [2.75, 3.05) is 9.80 Å². The molecule has 0 heterocycles. The molecule has 0 radical (unpaired) electrons. The zero-order valence-corrected chi connectivity index (χ0v) is 43.7. The van der Waals surface area contributed by atoms with Gasteiger partial charge in [-0.3, -0.25) is 0 Å². The van der Waals surface area contributed by atoms with Gasteiger partial charge in [0.2, 0.25) is 0 Å². The smallest absolute Gasteiger partial charge is 0.148 e. The van der Waals surface area contributed by atoms with Gasteiger partial charge in [0.25, 0.3) is 0 Å². The molecule has 0 unspecified atom stereocenters. The number of para-hydroxylation sites is 2. The fraction of sp³-hybridized carbons (Fsp3) is 0.111. The van der Waals surface area contributed by atoms with Gasteiger partial charge in [-0.1, -0.05) is 236 Å². The molecule has 2 nitrogen and oxygen atoms in total. The van der Waals surface area contributed by atoms with E-state index in [2.05, 4.69) is 185 Å². The van der Waals surface area contributed by atoms with E-state index in [1.165, 1.54) is 0 Å². The Bertz CT molecular complexity index is 3810. The molecule has 0 N–H and O–H groups in total. The summed E-state index contributed by atoms with van der Waals surface area (Å²) in [6.45, 7) is 13.3. The number of anilines is 6. The molecule has 4 heteroatoms. The van der Waals surface area contributed by atoms with Crippen molar-refractivity contribution in [3.8, 4) is 44.5 Å². The van der Waals surface area contributed by atoms with E-state index >= 15 is 8.78 Å². The van der Waals surface area contributed by atoms with E-state index in [-0.39, 0.29) is 22.5 Å².